The second kappa shape index (κ2) is 6.70. The van der Waals surface area contributed by atoms with Gasteiger partial charge in [0.2, 0.25) is 11.8 Å². The van der Waals surface area contributed by atoms with Crippen molar-refractivity contribution in [2.24, 2.45) is 11.3 Å². The molecule has 0 radical (unpaired) electrons. The van der Waals surface area contributed by atoms with Crippen molar-refractivity contribution in [3.8, 4) is 11.8 Å². The van der Waals surface area contributed by atoms with Gasteiger partial charge < -0.3 is 14.8 Å². The van der Waals surface area contributed by atoms with Gasteiger partial charge in [0, 0.05) is 6.54 Å². The normalized spacial score (nSPS) is 13.2. The lowest BCUT2D eigenvalue weighted by Gasteiger charge is -2.27. The Kier molecular flexibility index (Phi) is 5.54. The van der Waals surface area contributed by atoms with E-state index in [9.17, 15) is 0 Å². The van der Waals surface area contributed by atoms with Gasteiger partial charge in [-0.1, -0.05) is 27.7 Å². The van der Waals surface area contributed by atoms with Gasteiger partial charge >= 0.3 is 0 Å². The van der Waals surface area contributed by atoms with Gasteiger partial charge in [-0.15, -0.1) is 0 Å². The first-order valence-corrected chi connectivity index (χ1v) is 6.52. The van der Waals surface area contributed by atoms with Crippen LogP contribution in [-0.2, 0) is 6.54 Å². The van der Waals surface area contributed by atoms with E-state index in [0.29, 0.717) is 24.2 Å². The van der Waals surface area contributed by atoms with Crippen LogP contribution in [0.3, 0.4) is 0 Å². The minimum atomic E-state index is 0.286. The van der Waals surface area contributed by atoms with Crippen LogP contribution >= 0.6 is 0 Å². The lowest BCUT2D eigenvalue weighted by molar-refractivity contribution is 0.251. The molecule has 19 heavy (non-hydrogen) atoms. The molecule has 5 heteroatoms. The molecule has 0 spiro atoms. The summed E-state index contributed by atoms with van der Waals surface area (Å²) in [7, 11) is 3.20. The Morgan fingerprint density at radius 3 is 2.11 bits per heavy atom. The van der Waals surface area contributed by atoms with E-state index in [0.717, 1.165) is 12.1 Å². The molecular weight excluding hydrogens is 242 g/mol. The third-order valence-electron chi connectivity index (χ3n) is 3.48. The maximum absolute atomic E-state index is 5.24. The van der Waals surface area contributed by atoms with E-state index in [-0.39, 0.29) is 5.41 Å². The maximum Gasteiger partial charge on any atom is 0.224 e. The van der Waals surface area contributed by atoms with Crippen LogP contribution < -0.4 is 14.8 Å². The van der Waals surface area contributed by atoms with Crippen LogP contribution in [0.5, 0.6) is 11.8 Å². The van der Waals surface area contributed by atoms with E-state index >= 15 is 0 Å². The fraction of sp³-hybridized carbons (Fsp3) is 0.714. The summed E-state index contributed by atoms with van der Waals surface area (Å²) in [5.74, 6) is 1.68. The molecule has 1 aromatic rings. The van der Waals surface area contributed by atoms with Crippen LogP contribution in [-0.4, -0.2) is 30.7 Å². The molecule has 0 bridgehead atoms. The van der Waals surface area contributed by atoms with Gasteiger partial charge in [-0.2, -0.15) is 0 Å². The van der Waals surface area contributed by atoms with Gasteiger partial charge in [0.15, 0.2) is 0 Å². The van der Waals surface area contributed by atoms with Crippen LogP contribution in [0.15, 0.2) is 6.33 Å². The van der Waals surface area contributed by atoms with Gasteiger partial charge in [-0.05, 0) is 17.9 Å². The number of ether oxygens (including phenoxy) is 2. The average Bonchev–Trinajstić information content (AvgIpc) is 2.37. The standard InChI is InChI=1S/C14H25N3O2/c1-10(14(2,3)4)7-15-8-11-12(18-5)16-9-17-13(11)19-6/h9-10,15H,7-8H2,1-6H3. The topological polar surface area (TPSA) is 56.3 Å². The summed E-state index contributed by atoms with van der Waals surface area (Å²) in [6.07, 6.45) is 1.44. The second-order valence-electron chi connectivity index (χ2n) is 5.77. The number of nitrogens with one attached hydrogen (secondary N) is 1. The maximum atomic E-state index is 5.24. The van der Waals surface area contributed by atoms with E-state index in [2.05, 4.69) is 43.0 Å². The molecule has 0 saturated heterocycles. The summed E-state index contributed by atoms with van der Waals surface area (Å²) in [4.78, 5) is 8.20. The lowest BCUT2D eigenvalue weighted by Crippen LogP contribution is -2.29. The van der Waals surface area contributed by atoms with Crippen molar-refractivity contribution >= 4 is 0 Å². The van der Waals surface area contributed by atoms with Gasteiger partial charge in [0.25, 0.3) is 0 Å². The van der Waals surface area contributed by atoms with Crippen LogP contribution in [0.2, 0.25) is 0 Å². The Balaban J connectivity index is 2.67. The Hall–Kier alpha value is -1.36. The summed E-state index contributed by atoms with van der Waals surface area (Å²) < 4.78 is 10.5. The molecule has 1 unspecified atom stereocenters. The fourth-order valence-electron chi connectivity index (χ4n) is 1.60. The Morgan fingerprint density at radius 1 is 1.16 bits per heavy atom. The van der Waals surface area contributed by atoms with Crippen molar-refractivity contribution in [1.29, 1.82) is 0 Å². The smallest absolute Gasteiger partial charge is 0.224 e. The number of methoxy groups -OCH3 is 2. The molecule has 108 valence electrons. The molecule has 1 rings (SSSR count). The van der Waals surface area contributed by atoms with Crippen molar-refractivity contribution < 1.29 is 9.47 Å². The van der Waals surface area contributed by atoms with Crippen molar-refractivity contribution in [2.75, 3.05) is 20.8 Å². The first-order chi connectivity index (χ1) is 8.90. The second-order valence-corrected chi connectivity index (χ2v) is 5.77. The molecule has 1 heterocycles. The Bertz CT molecular complexity index is 380. The van der Waals surface area contributed by atoms with Crippen LogP contribution in [0.4, 0.5) is 0 Å². The summed E-state index contributed by atoms with van der Waals surface area (Å²) in [5.41, 5.74) is 1.14. The molecule has 5 nitrogen and oxygen atoms in total. The summed E-state index contributed by atoms with van der Waals surface area (Å²) in [6.45, 7) is 10.5. The molecule has 0 saturated carbocycles. The third-order valence-corrected chi connectivity index (χ3v) is 3.48. The predicted octanol–water partition coefficient (Wildman–Crippen LogP) is 2.27. The zero-order valence-corrected chi connectivity index (χ0v) is 12.8. The van der Waals surface area contributed by atoms with Crippen LogP contribution in [0.25, 0.3) is 0 Å². The minimum absolute atomic E-state index is 0.286. The van der Waals surface area contributed by atoms with Crippen molar-refractivity contribution in [1.82, 2.24) is 15.3 Å². The molecule has 1 aromatic heterocycles. The quantitative estimate of drug-likeness (QED) is 0.857. The van der Waals surface area contributed by atoms with Crippen molar-refractivity contribution in [3.05, 3.63) is 11.9 Å². The first-order valence-electron chi connectivity index (χ1n) is 6.52. The monoisotopic (exact) mass is 267 g/mol. The largest absolute Gasteiger partial charge is 0.481 e. The molecule has 0 aliphatic carbocycles. The zero-order chi connectivity index (χ0) is 14.5. The molecule has 0 amide bonds. The molecule has 1 atom stereocenters. The van der Waals surface area contributed by atoms with E-state index in [1.54, 1.807) is 14.2 Å². The highest BCUT2D eigenvalue weighted by molar-refractivity contribution is 5.34. The van der Waals surface area contributed by atoms with Crippen LogP contribution in [0.1, 0.15) is 33.3 Å². The molecule has 0 aliphatic heterocycles. The average molecular weight is 267 g/mol. The minimum Gasteiger partial charge on any atom is -0.481 e. The highest BCUT2D eigenvalue weighted by atomic mass is 16.5. The molecule has 0 fully saturated rings. The van der Waals surface area contributed by atoms with Gasteiger partial charge in [-0.3, -0.25) is 0 Å². The number of nitrogens with zero attached hydrogens (tertiary/aromatic N) is 2. The molecular formula is C14H25N3O2. The van der Waals surface area contributed by atoms with E-state index in [4.69, 9.17) is 9.47 Å². The first kappa shape index (κ1) is 15.7. The Morgan fingerprint density at radius 2 is 1.68 bits per heavy atom. The van der Waals surface area contributed by atoms with Crippen molar-refractivity contribution in [2.45, 2.75) is 34.2 Å². The fourth-order valence-corrected chi connectivity index (χ4v) is 1.60. The number of aromatic nitrogens is 2. The Labute approximate surface area is 115 Å². The number of hydrogen-bond acceptors (Lipinski definition) is 5. The zero-order valence-electron chi connectivity index (χ0n) is 12.8. The van der Waals surface area contributed by atoms with Gasteiger partial charge in [0.1, 0.15) is 6.33 Å². The van der Waals surface area contributed by atoms with Crippen LogP contribution in [0, 0.1) is 11.3 Å². The molecule has 1 N–H and O–H groups in total. The summed E-state index contributed by atoms with van der Waals surface area (Å²) in [6, 6.07) is 0. The third kappa shape index (κ3) is 4.35. The lowest BCUT2D eigenvalue weighted by atomic mass is 9.82. The number of rotatable bonds is 6. The number of hydrogen-bond donors (Lipinski definition) is 1. The van der Waals surface area contributed by atoms with Gasteiger partial charge in [-0.25, -0.2) is 9.97 Å². The van der Waals surface area contributed by atoms with Gasteiger partial charge in [0.05, 0.1) is 19.8 Å². The summed E-state index contributed by atoms with van der Waals surface area (Å²) in [5, 5.41) is 3.42. The summed E-state index contributed by atoms with van der Waals surface area (Å²) >= 11 is 0. The van der Waals surface area contributed by atoms with E-state index < -0.39 is 0 Å². The highest BCUT2D eigenvalue weighted by Crippen LogP contribution is 2.26. The molecule has 0 aromatic carbocycles. The van der Waals surface area contributed by atoms with Crippen molar-refractivity contribution in [3.63, 3.8) is 0 Å². The SMILES string of the molecule is COc1ncnc(OC)c1CNCC(C)C(C)(C)C. The van der Waals surface area contributed by atoms with E-state index in [1.165, 1.54) is 6.33 Å². The van der Waals surface area contributed by atoms with E-state index in [1.807, 2.05) is 0 Å². The predicted molar refractivity (Wildman–Crippen MR) is 75.5 cm³/mol. The highest BCUT2D eigenvalue weighted by Gasteiger charge is 2.20. The molecule has 0 aliphatic rings.